The third-order valence-corrected chi connectivity index (χ3v) is 3.75. The van der Waals surface area contributed by atoms with Crippen LogP contribution in [0.4, 0.5) is 0 Å². The number of rotatable bonds is 9. The Balaban J connectivity index is 2.21. The number of hydrogen-bond acceptors (Lipinski definition) is 6. The Bertz CT molecular complexity index is 831. The van der Waals surface area contributed by atoms with Gasteiger partial charge in [-0.25, -0.2) is 9.48 Å². The Kier molecular flexibility index (Phi) is 7.28. The van der Waals surface area contributed by atoms with Gasteiger partial charge in [-0.15, -0.1) is 0 Å². The summed E-state index contributed by atoms with van der Waals surface area (Å²) >= 11 is 0. The lowest BCUT2D eigenvalue weighted by Crippen LogP contribution is -2.32. The van der Waals surface area contributed by atoms with E-state index in [2.05, 4.69) is 10.4 Å². The van der Waals surface area contributed by atoms with Crippen molar-refractivity contribution in [2.45, 2.75) is 26.3 Å². The fourth-order valence-electron chi connectivity index (χ4n) is 2.39. The van der Waals surface area contributed by atoms with E-state index in [1.165, 1.54) is 11.8 Å². The van der Waals surface area contributed by atoms with Crippen molar-refractivity contribution in [1.29, 1.82) is 0 Å². The second-order valence-electron chi connectivity index (χ2n) is 5.69. The summed E-state index contributed by atoms with van der Waals surface area (Å²) in [6.45, 7) is 2.69. The summed E-state index contributed by atoms with van der Waals surface area (Å²) < 4.78 is 11.2. The predicted molar refractivity (Wildman–Crippen MR) is 96.1 cm³/mol. The number of aromatic nitrogens is 2. The number of carbonyl (C=O) groups excluding carboxylic acids is 2. The fourth-order valence-corrected chi connectivity index (χ4v) is 2.39. The largest absolute Gasteiger partial charge is 0.451 e. The number of nitrogens with zero attached hydrogens (tertiary/aromatic N) is 2. The van der Waals surface area contributed by atoms with Crippen LogP contribution in [0.5, 0.6) is 0 Å². The number of benzene rings is 1. The van der Waals surface area contributed by atoms with E-state index in [1.807, 2.05) is 6.92 Å². The van der Waals surface area contributed by atoms with Gasteiger partial charge < -0.3 is 14.8 Å². The molecule has 0 aliphatic carbocycles. The molecule has 0 spiro atoms. The van der Waals surface area contributed by atoms with E-state index in [9.17, 15) is 14.4 Å². The zero-order valence-corrected chi connectivity index (χ0v) is 15.0. The molecule has 8 nitrogen and oxygen atoms in total. The number of hydrogen-bond donors (Lipinski definition) is 1. The topological polar surface area (TPSA) is 99.5 Å². The van der Waals surface area contributed by atoms with E-state index in [1.54, 1.807) is 24.3 Å². The average Bonchev–Trinajstić information content (AvgIpc) is 2.66. The molecule has 1 aromatic heterocycles. The van der Waals surface area contributed by atoms with Gasteiger partial charge in [0.1, 0.15) is 0 Å². The van der Waals surface area contributed by atoms with E-state index in [4.69, 9.17) is 9.47 Å². The second kappa shape index (κ2) is 9.67. The van der Waals surface area contributed by atoms with Gasteiger partial charge in [-0.05, 0) is 12.5 Å². The molecule has 0 aliphatic heterocycles. The molecule has 1 aromatic carbocycles. The quantitative estimate of drug-likeness (QED) is 0.531. The number of unbranched alkanes of at least 4 members (excludes halogenated alkanes) is 1. The van der Waals surface area contributed by atoms with Crippen molar-refractivity contribution in [3.05, 3.63) is 40.3 Å². The first-order chi connectivity index (χ1) is 12.6. The molecule has 140 valence electrons. The average molecular weight is 361 g/mol. The monoisotopic (exact) mass is 361 g/mol. The van der Waals surface area contributed by atoms with Crippen molar-refractivity contribution in [1.82, 2.24) is 15.1 Å². The molecule has 0 saturated heterocycles. The molecule has 0 atom stereocenters. The standard InChI is InChI=1S/C18H23N3O5/c1-3-4-10-21-17(23)14-8-6-5-7-13(14)16(20-21)18(24)26-12-15(22)19-9-11-25-2/h5-8H,3-4,9-12H2,1-2H3,(H,19,22). The van der Waals surface area contributed by atoms with Crippen molar-refractivity contribution < 1.29 is 19.1 Å². The summed E-state index contributed by atoms with van der Waals surface area (Å²) in [6.07, 6.45) is 1.66. The van der Waals surface area contributed by atoms with Crippen LogP contribution in [0.1, 0.15) is 30.3 Å². The van der Waals surface area contributed by atoms with Crippen LogP contribution in [0.2, 0.25) is 0 Å². The molecule has 2 rings (SSSR count). The highest BCUT2D eigenvalue weighted by Crippen LogP contribution is 2.14. The van der Waals surface area contributed by atoms with Gasteiger partial charge >= 0.3 is 5.97 Å². The number of methoxy groups -OCH3 is 1. The van der Waals surface area contributed by atoms with Crippen LogP contribution in [-0.4, -0.2) is 48.5 Å². The fraction of sp³-hybridized carbons (Fsp3) is 0.444. The first-order valence-electron chi connectivity index (χ1n) is 8.51. The number of amides is 1. The minimum absolute atomic E-state index is 0.0287. The van der Waals surface area contributed by atoms with Crippen molar-refractivity contribution in [3.8, 4) is 0 Å². The Morgan fingerprint density at radius 3 is 2.65 bits per heavy atom. The number of carbonyl (C=O) groups is 2. The number of fused-ring (bicyclic) bond motifs is 1. The van der Waals surface area contributed by atoms with Crippen LogP contribution in [0.3, 0.4) is 0 Å². The van der Waals surface area contributed by atoms with E-state index >= 15 is 0 Å². The summed E-state index contributed by atoms with van der Waals surface area (Å²) in [4.78, 5) is 36.6. The van der Waals surface area contributed by atoms with Gasteiger partial charge in [0.2, 0.25) is 0 Å². The molecule has 0 radical (unpaired) electrons. The molecule has 1 amide bonds. The smallest absolute Gasteiger partial charge is 0.359 e. The molecule has 0 saturated carbocycles. The maximum absolute atomic E-state index is 12.5. The number of ether oxygens (including phenoxy) is 2. The van der Waals surface area contributed by atoms with Crippen molar-refractivity contribution in [2.24, 2.45) is 0 Å². The Morgan fingerprint density at radius 2 is 1.96 bits per heavy atom. The normalized spacial score (nSPS) is 10.7. The van der Waals surface area contributed by atoms with Crippen LogP contribution in [-0.2, 0) is 20.8 Å². The lowest BCUT2D eigenvalue weighted by Gasteiger charge is -2.10. The predicted octanol–water partition coefficient (Wildman–Crippen LogP) is 1.12. The van der Waals surface area contributed by atoms with Gasteiger partial charge in [-0.3, -0.25) is 9.59 Å². The molecule has 26 heavy (non-hydrogen) atoms. The maximum atomic E-state index is 12.5. The van der Waals surface area contributed by atoms with E-state index in [-0.39, 0.29) is 11.3 Å². The van der Waals surface area contributed by atoms with Crippen LogP contribution in [0.25, 0.3) is 10.8 Å². The molecule has 0 bridgehead atoms. The molecule has 0 unspecified atom stereocenters. The lowest BCUT2D eigenvalue weighted by atomic mass is 10.1. The molecule has 8 heteroatoms. The zero-order chi connectivity index (χ0) is 18.9. The highest BCUT2D eigenvalue weighted by Gasteiger charge is 2.18. The summed E-state index contributed by atoms with van der Waals surface area (Å²) in [5.74, 6) is -1.17. The van der Waals surface area contributed by atoms with Crippen LogP contribution < -0.4 is 10.9 Å². The SMILES string of the molecule is CCCCn1nc(C(=O)OCC(=O)NCCOC)c2ccccc2c1=O. The summed E-state index contributed by atoms with van der Waals surface area (Å²) in [5, 5.41) is 7.54. The Hall–Kier alpha value is -2.74. The molecule has 0 fully saturated rings. The van der Waals surface area contributed by atoms with Crippen LogP contribution >= 0.6 is 0 Å². The summed E-state index contributed by atoms with van der Waals surface area (Å²) in [6, 6.07) is 6.74. The van der Waals surface area contributed by atoms with E-state index in [0.717, 1.165) is 12.8 Å². The summed E-state index contributed by atoms with van der Waals surface area (Å²) in [5.41, 5.74) is -0.219. The second-order valence-corrected chi connectivity index (χ2v) is 5.69. The summed E-state index contributed by atoms with van der Waals surface area (Å²) in [7, 11) is 1.52. The van der Waals surface area contributed by atoms with Gasteiger partial charge in [0.05, 0.1) is 12.0 Å². The Labute approximate surface area is 151 Å². The van der Waals surface area contributed by atoms with E-state index < -0.39 is 18.5 Å². The van der Waals surface area contributed by atoms with Gasteiger partial charge in [0.25, 0.3) is 11.5 Å². The van der Waals surface area contributed by atoms with Gasteiger partial charge in [-0.1, -0.05) is 31.5 Å². The maximum Gasteiger partial charge on any atom is 0.359 e. The van der Waals surface area contributed by atoms with Gasteiger partial charge in [0.15, 0.2) is 12.3 Å². The lowest BCUT2D eigenvalue weighted by molar-refractivity contribution is -0.124. The third-order valence-electron chi connectivity index (χ3n) is 3.75. The highest BCUT2D eigenvalue weighted by atomic mass is 16.5. The van der Waals surface area contributed by atoms with Gasteiger partial charge in [0, 0.05) is 25.6 Å². The van der Waals surface area contributed by atoms with Crippen molar-refractivity contribution in [3.63, 3.8) is 0 Å². The molecule has 2 aromatic rings. The zero-order valence-electron chi connectivity index (χ0n) is 15.0. The number of aryl methyl sites for hydroxylation is 1. The first kappa shape index (κ1) is 19.6. The van der Waals surface area contributed by atoms with Crippen molar-refractivity contribution >= 4 is 22.6 Å². The molecular weight excluding hydrogens is 338 g/mol. The molecule has 0 aliphatic rings. The highest BCUT2D eigenvalue weighted by molar-refractivity contribution is 6.02. The number of esters is 1. The third kappa shape index (κ3) is 4.89. The van der Waals surface area contributed by atoms with E-state index in [0.29, 0.717) is 30.5 Å². The minimum atomic E-state index is -0.742. The van der Waals surface area contributed by atoms with Crippen LogP contribution in [0.15, 0.2) is 29.1 Å². The number of nitrogens with one attached hydrogen (secondary N) is 1. The Morgan fingerprint density at radius 1 is 1.23 bits per heavy atom. The van der Waals surface area contributed by atoms with Crippen LogP contribution in [0, 0.1) is 0 Å². The molecule has 1 N–H and O–H groups in total. The van der Waals surface area contributed by atoms with Crippen molar-refractivity contribution in [2.75, 3.05) is 26.9 Å². The molecule has 1 heterocycles. The van der Waals surface area contributed by atoms with Gasteiger partial charge in [-0.2, -0.15) is 5.10 Å². The molecular formula is C18H23N3O5. The first-order valence-corrected chi connectivity index (χ1v) is 8.51. The minimum Gasteiger partial charge on any atom is -0.451 e.